The van der Waals surface area contributed by atoms with Crippen LogP contribution in [0.15, 0.2) is 24.3 Å². The van der Waals surface area contributed by atoms with E-state index in [0.717, 1.165) is 6.54 Å². The Morgan fingerprint density at radius 3 is 2.85 bits per heavy atom. The molecule has 1 heterocycles. The summed E-state index contributed by atoms with van der Waals surface area (Å²) >= 11 is 0. The number of hydrogen-bond donors (Lipinski definition) is 2. The highest BCUT2D eigenvalue weighted by Crippen LogP contribution is 2.26. The third-order valence-corrected chi connectivity index (χ3v) is 2.46. The largest absolute Gasteiger partial charge is 0.381 e. The third-order valence-electron chi connectivity index (χ3n) is 2.46. The molecule has 13 heavy (non-hydrogen) atoms. The molecule has 1 aliphatic heterocycles. The summed E-state index contributed by atoms with van der Waals surface area (Å²) in [5.41, 5.74) is 2.47. The molecule has 2 rings (SSSR count). The van der Waals surface area contributed by atoms with Gasteiger partial charge in [0.15, 0.2) is 0 Å². The van der Waals surface area contributed by atoms with Crippen LogP contribution in [0, 0.1) is 0 Å². The van der Waals surface area contributed by atoms with E-state index in [1.807, 2.05) is 0 Å². The Morgan fingerprint density at radius 1 is 1.31 bits per heavy atom. The molecule has 0 aliphatic carbocycles. The third kappa shape index (κ3) is 1.77. The van der Waals surface area contributed by atoms with Gasteiger partial charge in [0.1, 0.15) is 0 Å². The SMILES string of the molecule is CCCC1CNc2ccccc2N1. The molecule has 0 bridgehead atoms. The molecule has 0 amide bonds. The first-order valence-electron chi connectivity index (χ1n) is 4.99. The molecule has 2 N–H and O–H groups in total. The molecule has 2 nitrogen and oxygen atoms in total. The quantitative estimate of drug-likeness (QED) is 0.724. The topological polar surface area (TPSA) is 24.1 Å². The molecule has 1 aliphatic rings. The van der Waals surface area contributed by atoms with Crippen molar-refractivity contribution in [2.24, 2.45) is 0 Å². The van der Waals surface area contributed by atoms with E-state index in [-0.39, 0.29) is 0 Å². The first kappa shape index (κ1) is 8.42. The van der Waals surface area contributed by atoms with Crippen LogP contribution in [-0.2, 0) is 0 Å². The van der Waals surface area contributed by atoms with Gasteiger partial charge in [0.2, 0.25) is 0 Å². The van der Waals surface area contributed by atoms with Crippen LogP contribution in [0.3, 0.4) is 0 Å². The van der Waals surface area contributed by atoms with Crippen molar-refractivity contribution in [2.45, 2.75) is 25.8 Å². The van der Waals surface area contributed by atoms with Crippen molar-refractivity contribution in [2.75, 3.05) is 17.2 Å². The minimum atomic E-state index is 0.597. The smallest absolute Gasteiger partial charge is 0.0578 e. The van der Waals surface area contributed by atoms with Crippen LogP contribution in [0.2, 0.25) is 0 Å². The molecule has 1 aromatic rings. The second-order valence-electron chi connectivity index (χ2n) is 3.56. The molecule has 0 saturated carbocycles. The minimum absolute atomic E-state index is 0.597. The summed E-state index contributed by atoms with van der Waals surface area (Å²) in [5.74, 6) is 0. The van der Waals surface area contributed by atoms with Gasteiger partial charge in [-0.1, -0.05) is 25.5 Å². The van der Waals surface area contributed by atoms with Crippen LogP contribution in [0.25, 0.3) is 0 Å². The van der Waals surface area contributed by atoms with Gasteiger partial charge >= 0.3 is 0 Å². The van der Waals surface area contributed by atoms with E-state index in [9.17, 15) is 0 Å². The van der Waals surface area contributed by atoms with Crippen LogP contribution in [0.1, 0.15) is 19.8 Å². The number of anilines is 2. The van der Waals surface area contributed by atoms with Gasteiger partial charge in [-0.05, 0) is 18.6 Å². The van der Waals surface area contributed by atoms with Crippen LogP contribution < -0.4 is 10.6 Å². The van der Waals surface area contributed by atoms with Crippen LogP contribution in [0.5, 0.6) is 0 Å². The van der Waals surface area contributed by atoms with E-state index in [1.165, 1.54) is 24.2 Å². The number of benzene rings is 1. The summed E-state index contributed by atoms with van der Waals surface area (Å²) in [7, 11) is 0. The van der Waals surface area contributed by atoms with E-state index in [1.54, 1.807) is 0 Å². The Kier molecular flexibility index (Phi) is 2.39. The zero-order valence-electron chi connectivity index (χ0n) is 8.01. The van der Waals surface area contributed by atoms with Gasteiger partial charge in [-0.15, -0.1) is 0 Å². The van der Waals surface area contributed by atoms with Gasteiger partial charge in [0.25, 0.3) is 0 Å². The number of rotatable bonds is 2. The predicted octanol–water partition coefficient (Wildman–Crippen LogP) is 2.69. The molecule has 1 unspecified atom stereocenters. The maximum atomic E-state index is 3.54. The second kappa shape index (κ2) is 3.69. The summed E-state index contributed by atoms with van der Waals surface area (Å²) in [5, 5.41) is 6.97. The molecule has 70 valence electrons. The molecule has 2 heteroatoms. The monoisotopic (exact) mass is 176 g/mol. The summed E-state index contributed by atoms with van der Waals surface area (Å²) in [6, 6.07) is 8.98. The Hall–Kier alpha value is -1.18. The van der Waals surface area contributed by atoms with Crippen LogP contribution in [-0.4, -0.2) is 12.6 Å². The molecule has 1 aromatic carbocycles. The van der Waals surface area contributed by atoms with E-state index >= 15 is 0 Å². The molecule has 0 fully saturated rings. The molecular formula is C11H16N2. The standard InChI is InChI=1S/C11H16N2/c1-2-5-9-8-12-10-6-3-4-7-11(10)13-9/h3-4,6-7,9,12-13H,2,5,8H2,1H3. The first-order chi connectivity index (χ1) is 6.40. The number of para-hydroxylation sites is 2. The Balaban J connectivity index is 2.11. The highest BCUT2D eigenvalue weighted by molar-refractivity contribution is 5.70. The molecule has 0 saturated heterocycles. The van der Waals surface area contributed by atoms with Crippen molar-refractivity contribution in [3.63, 3.8) is 0 Å². The van der Waals surface area contributed by atoms with Crippen molar-refractivity contribution in [1.82, 2.24) is 0 Å². The van der Waals surface area contributed by atoms with Crippen molar-refractivity contribution in [3.05, 3.63) is 24.3 Å². The second-order valence-corrected chi connectivity index (χ2v) is 3.56. The lowest BCUT2D eigenvalue weighted by Gasteiger charge is -2.28. The fraction of sp³-hybridized carbons (Fsp3) is 0.455. The highest BCUT2D eigenvalue weighted by Gasteiger charge is 2.14. The Labute approximate surface area is 79.4 Å². The lowest BCUT2D eigenvalue weighted by molar-refractivity contribution is 0.655. The van der Waals surface area contributed by atoms with Gasteiger partial charge in [-0.3, -0.25) is 0 Å². The van der Waals surface area contributed by atoms with Crippen LogP contribution >= 0.6 is 0 Å². The zero-order valence-corrected chi connectivity index (χ0v) is 8.01. The summed E-state index contributed by atoms with van der Waals surface area (Å²) in [6.07, 6.45) is 2.48. The maximum Gasteiger partial charge on any atom is 0.0578 e. The lowest BCUT2D eigenvalue weighted by Crippen LogP contribution is -2.32. The summed E-state index contributed by atoms with van der Waals surface area (Å²) < 4.78 is 0. The van der Waals surface area contributed by atoms with Crippen molar-refractivity contribution in [3.8, 4) is 0 Å². The number of nitrogens with one attached hydrogen (secondary N) is 2. The Bertz CT molecular complexity index is 283. The van der Waals surface area contributed by atoms with Gasteiger partial charge in [-0.25, -0.2) is 0 Å². The van der Waals surface area contributed by atoms with E-state index in [0.29, 0.717) is 6.04 Å². The van der Waals surface area contributed by atoms with Gasteiger partial charge in [-0.2, -0.15) is 0 Å². The fourth-order valence-electron chi connectivity index (χ4n) is 1.79. The fourth-order valence-corrected chi connectivity index (χ4v) is 1.79. The molecule has 1 atom stereocenters. The number of hydrogen-bond acceptors (Lipinski definition) is 2. The minimum Gasteiger partial charge on any atom is -0.381 e. The first-order valence-corrected chi connectivity index (χ1v) is 4.99. The van der Waals surface area contributed by atoms with E-state index < -0.39 is 0 Å². The molecule has 0 radical (unpaired) electrons. The number of fused-ring (bicyclic) bond motifs is 1. The normalized spacial score (nSPS) is 19.9. The van der Waals surface area contributed by atoms with Crippen molar-refractivity contribution >= 4 is 11.4 Å². The molecule has 0 aromatic heterocycles. The lowest BCUT2D eigenvalue weighted by atomic mass is 10.1. The van der Waals surface area contributed by atoms with Crippen molar-refractivity contribution in [1.29, 1.82) is 0 Å². The van der Waals surface area contributed by atoms with Crippen LogP contribution in [0.4, 0.5) is 11.4 Å². The van der Waals surface area contributed by atoms with Gasteiger partial charge in [0, 0.05) is 12.6 Å². The maximum absolute atomic E-state index is 3.54. The van der Waals surface area contributed by atoms with E-state index in [2.05, 4.69) is 41.8 Å². The molecule has 0 spiro atoms. The predicted molar refractivity (Wildman–Crippen MR) is 57.3 cm³/mol. The van der Waals surface area contributed by atoms with E-state index in [4.69, 9.17) is 0 Å². The van der Waals surface area contributed by atoms with Gasteiger partial charge in [0.05, 0.1) is 11.4 Å². The summed E-state index contributed by atoms with van der Waals surface area (Å²) in [6.45, 7) is 3.27. The summed E-state index contributed by atoms with van der Waals surface area (Å²) in [4.78, 5) is 0. The van der Waals surface area contributed by atoms with Gasteiger partial charge < -0.3 is 10.6 Å². The highest BCUT2D eigenvalue weighted by atomic mass is 15.1. The Morgan fingerprint density at radius 2 is 2.08 bits per heavy atom. The zero-order chi connectivity index (χ0) is 9.10. The average molecular weight is 176 g/mol. The molecular weight excluding hydrogens is 160 g/mol. The van der Waals surface area contributed by atoms with Crippen molar-refractivity contribution < 1.29 is 0 Å². The average Bonchev–Trinajstić information content (AvgIpc) is 2.18.